The summed E-state index contributed by atoms with van der Waals surface area (Å²) in [5, 5.41) is 3.07. The van der Waals surface area contributed by atoms with Gasteiger partial charge in [-0.1, -0.05) is 12.1 Å². The van der Waals surface area contributed by atoms with Gasteiger partial charge in [0.1, 0.15) is 11.6 Å². The van der Waals surface area contributed by atoms with Gasteiger partial charge < -0.3 is 10.1 Å². The Morgan fingerprint density at radius 2 is 1.67 bits per heavy atom. The van der Waals surface area contributed by atoms with Gasteiger partial charge in [0, 0.05) is 6.54 Å². The number of ether oxygens (including phenoxy) is 1. The molecular formula is C17H16F4N2O3S. The van der Waals surface area contributed by atoms with Crippen molar-refractivity contribution >= 4 is 10.0 Å². The SMILES string of the molecule is O=S(=O)(NC1(c2ccc(F)cc2)CCNC1)c1ccc(OC(F)(F)F)cc1. The molecule has 3 rings (SSSR count). The normalized spacial score (nSPS) is 20.6. The first-order valence-corrected chi connectivity index (χ1v) is 9.45. The molecule has 0 amide bonds. The van der Waals surface area contributed by atoms with Crippen molar-refractivity contribution in [3.8, 4) is 5.75 Å². The Morgan fingerprint density at radius 1 is 1.04 bits per heavy atom. The maximum Gasteiger partial charge on any atom is 0.573 e. The van der Waals surface area contributed by atoms with Crippen LogP contribution in [0, 0.1) is 5.82 Å². The molecule has 1 heterocycles. The minimum Gasteiger partial charge on any atom is -0.406 e. The summed E-state index contributed by atoms with van der Waals surface area (Å²) in [5.74, 6) is -0.958. The van der Waals surface area contributed by atoms with E-state index in [2.05, 4.69) is 14.8 Å². The van der Waals surface area contributed by atoms with E-state index in [0.717, 1.165) is 24.3 Å². The second-order valence-corrected chi connectivity index (χ2v) is 7.82. The van der Waals surface area contributed by atoms with E-state index in [1.807, 2.05) is 0 Å². The van der Waals surface area contributed by atoms with Crippen molar-refractivity contribution in [3.05, 3.63) is 59.9 Å². The number of nitrogens with one attached hydrogen (secondary N) is 2. The maximum absolute atomic E-state index is 13.2. The van der Waals surface area contributed by atoms with Crippen LogP contribution in [0.5, 0.6) is 5.75 Å². The largest absolute Gasteiger partial charge is 0.573 e. The first-order chi connectivity index (χ1) is 12.6. The van der Waals surface area contributed by atoms with E-state index in [4.69, 9.17) is 0 Å². The smallest absolute Gasteiger partial charge is 0.406 e. The van der Waals surface area contributed by atoms with Crippen LogP contribution in [0.4, 0.5) is 17.6 Å². The Bertz CT molecular complexity index is 891. The molecule has 0 radical (unpaired) electrons. The van der Waals surface area contributed by atoms with E-state index in [1.165, 1.54) is 24.3 Å². The number of benzene rings is 2. The van der Waals surface area contributed by atoms with E-state index >= 15 is 0 Å². The molecule has 5 nitrogen and oxygen atoms in total. The molecule has 1 saturated heterocycles. The minimum atomic E-state index is -4.86. The Kier molecular flexibility index (Phi) is 5.15. The fourth-order valence-corrected chi connectivity index (χ4v) is 4.41. The Labute approximate surface area is 153 Å². The van der Waals surface area contributed by atoms with Crippen molar-refractivity contribution < 1.29 is 30.7 Å². The molecule has 2 N–H and O–H groups in total. The lowest BCUT2D eigenvalue weighted by Crippen LogP contribution is -2.47. The highest BCUT2D eigenvalue weighted by Gasteiger charge is 2.39. The molecule has 10 heteroatoms. The van der Waals surface area contributed by atoms with Gasteiger partial charge in [-0.2, -0.15) is 4.72 Å². The molecule has 1 aliphatic rings. The minimum absolute atomic E-state index is 0.203. The van der Waals surface area contributed by atoms with Gasteiger partial charge in [0.05, 0.1) is 10.4 Å². The summed E-state index contributed by atoms with van der Waals surface area (Å²) in [6, 6.07) is 9.42. The average Bonchev–Trinajstić information content (AvgIpc) is 3.03. The second-order valence-electron chi connectivity index (χ2n) is 6.14. The molecule has 146 valence electrons. The molecule has 1 atom stereocenters. The number of sulfonamides is 1. The fraction of sp³-hybridized carbons (Fsp3) is 0.294. The van der Waals surface area contributed by atoms with E-state index in [0.29, 0.717) is 25.1 Å². The maximum atomic E-state index is 13.2. The van der Waals surface area contributed by atoms with E-state index < -0.39 is 33.5 Å². The Morgan fingerprint density at radius 3 is 2.19 bits per heavy atom. The van der Waals surface area contributed by atoms with Crippen molar-refractivity contribution in [3.63, 3.8) is 0 Å². The Balaban J connectivity index is 1.86. The molecule has 1 fully saturated rings. The first-order valence-electron chi connectivity index (χ1n) is 7.96. The number of halogens is 4. The van der Waals surface area contributed by atoms with Gasteiger partial charge in [-0.15, -0.1) is 13.2 Å². The van der Waals surface area contributed by atoms with Crippen LogP contribution < -0.4 is 14.8 Å². The highest BCUT2D eigenvalue weighted by molar-refractivity contribution is 7.89. The summed E-state index contributed by atoms with van der Waals surface area (Å²) < 4.78 is 81.8. The first kappa shape index (κ1) is 19.6. The van der Waals surface area contributed by atoms with Gasteiger partial charge in [0.25, 0.3) is 0 Å². The zero-order valence-electron chi connectivity index (χ0n) is 13.9. The van der Waals surface area contributed by atoms with Gasteiger partial charge in [-0.05, 0) is 54.9 Å². The lowest BCUT2D eigenvalue weighted by molar-refractivity contribution is -0.274. The van der Waals surface area contributed by atoms with Crippen LogP contribution in [0.15, 0.2) is 53.4 Å². The van der Waals surface area contributed by atoms with Crippen LogP contribution in [-0.4, -0.2) is 27.9 Å². The molecule has 1 unspecified atom stereocenters. The van der Waals surface area contributed by atoms with Gasteiger partial charge in [-0.3, -0.25) is 0 Å². The van der Waals surface area contributed by atoms with Crippen LogP contribution in [0.2, 0.25) is 0 Å². The summed E-state index contributed by atoms with van der Waals surface area (Å²) in [4.78, 5) is -0.203. The van der Waals surface area contributed by atoms with Gasteiger partial charge >= 0.3 is 6.36 Å². The average molecular weight is 404 g/mol. The summed E-state index contributed by atoms with van der Waals surface area (Å²) in [6.45, 7) is 0.853. The predicted octanol–water partition coefficient (Wildman–Crippen LogP) is 2.89. The van der Waals surface area contributed by atoms with Crippen LogP contribution >= 0.6 is 0 Å². The van der Waals surface area contributed by atoms with Gasteiger partial charge in [0.15, 0.2) is 0 Å². The molecule has 0 saturated carbocycles. The van der Waals surface area contributed by atoms with Gasteiger partial charge in [0.2, 0.25) is 10.0 Å². The van der Waals surface area contributed by atoms with Gasteiger partial charge in [-0.25, -0.2) is 12.8 Å². The van der Waals surface area contributed by atoms with Crippen LogP contribution in [-0.2, 0) is 15.6 Å². The fourth-order valence-electron chi connectivity index (χ4n) is 2.99. The highest BCUT2D eigenvalue weighted by Crippen LogP contribution is 2.31. The number of hydrogen-bond donors (Lipinski definition) is 2. The molecule has 0 bridgehead atoms. The topological polar surface area (TPSA) is 67.4 Å². The molecule has 0 spiro atoms. The molecule has 27 heavy (non-hydrogen) atoms. The van der Waals surface area contributed by atoms with Crippen LogP contribution in [0.3, 0.4) is 0 Å². The van der Waals surface area contributed by atoms with Crippen molar-refractivity contribution in [2.75, 3.05) is 13.1 Å². The quantitative estimate of drug-likeness (QED) is 0.753. The van der Waals surface area contributed by atoms with Crippen molar-refractivity contribution in [2.24, 2.45) is 0 Å². The second kappa shape index (κ2) is 7.10. The molecule has 2 aromatic rings. The standard InChI is InChI=1S/C17H16F4N2O3S/c18-13-3-1-12(2-4-13)16(9-10-22-11-16)23-27(24,25)15-7-5-14(6-8-15)26-17(19,20)21/h1-8,22-23H,9-11H2. The van der Waals surface area contributed by atoms with Crippen LogP contribution in [0.1, 0.15) is 12.0 Å². The molecular weight excluding hydrogens is 388 g/mol. The summed E-state index contributed by atoms with van der Waals surface area (Å²) in [5.41, 5.74) is -0.386. The van der Waals surface area contributed by atoms with Crippen molar-refractivity contribution in [1.82, 2.24) is 10.0 Å². The number of rotatable bonds is 5. The zero-order valence-corrected chi connectivity index (χ0v) is 14.7. The lowest BCUT2D eigenvalue weighted by atomic mass is 9.90. The summed E-state index contributed by atoms with van der Waals surface area (Å²) in [7, 11) is -4.04. The third-order valence-electron chi connectivity index (χ3n) is 4.25. The lowest BCUT2D eigenvalue weighted by Gasteiger charge is -2.30. The van der Waals surface area contributed by atoms with E-state index in [9.17, 15) is 26.0 Å². The predicted molar refractivity (Wildman–Crippen MR) is 89.0 cm³/mol. The number of alkyl halides is 3. The van der Waals surface area contributed by atoms with E-state index in [1.54, 1.807) is 0 Å². The van der Waals surface area contributed by atoms with Crippen molar-refractivity contribution in [2.45, 2.75) is 23.2 Å². The zero-order chi connectivity index (χ0) is 19.7. The highest BCUT2D eigenvalue weighted by atomic mass is 32.2. The monoisotopic (exact) mass is 404 g/mol. The van der Waals surface area contributed by atoms with Crippen molar-refractivity contribution in [1.29, 1.82) is 0 Å². The van der Waals surface area contributed by atoms with E-state index in [-0.39, 0.29) is 4.90 Å². The number of hydrogen-bond acceptors (Lipinski definition) is 4. The Hall–Kier alpha value is -2.17. The molecule has 1 aliphatic heterocycles. The summed E-state index contributed by atoms with van der Waals surface area (Å²) in [6.07, 6.45) is -4.42. The third-order valence-corrected chi connectivity index (χ3v) is 5.80. The van der Waals surface area contributed by atoms with Crippen LogP contribution in [0.25, 0.3) is 0 Å². The molecule has 0 aromatic heterocycles. The summed E-state index contributed by atoms with van der Waals surface area (Å²) >= 11 is 0. The third kappa shape index (κ3) is 4.57. The molecule has 2 aromatic carbocycles. The molecule has 0 aliphatic carbocycles.